The second kappa shape index (κ2) is 6.94. The molecule has 3 aliphatic heterocycles. The van der Waals surface area contributed by atoms with Crippen LogP contribution in [0.25, 0.3) is 11.1 Å². The predicted molar refractivity (Wildman–Crippen MR) is 108 cm³/mol. The first-order valence-corrected chi connectivity index (χ1v) is 10.5. The molecule has 1 fully saturated rings. The molecule has 2 atom stereocenters. The lowest BCUT2D eigenvalue weighted by Gasteiger charge is -2.36. The van der Waals surface area contributed by atoms with Crippen LogP contribution in [-0.2, 0) is 12.6 Å². The van der Waals surface area contributed by atoms with Gasteiger partial charge >= 0.3 is 6.18 Å². The Labute approximate surface area is 168 Å². The van der Waals surface area contributed by atoms with Crippen LogP contribution in [0.3, 0.4) is 0 Å². The molecule has 0 amide bonds. The highest BCUT2D eigenvalue weighted by Gasteiger charge is 2.43. The van der Waals surface area contributed by atoms with Crippen LogP contribution in [0.15, 0.2) is 30.3 Å². The van der Waals surface area contributed by atoms with Crippen LogP contribution in [0.2, 0.25) is 0 Å². The number of aryl methyl sites for hydroxylation is 1. The molecule has 1 N–H and O–H groups in total. The Kier molecular flexibility index (Phi) is 4.50. The molecule has 0 spiro atoms. The van der Waals surface area contributed by atoms with Gasteiger partial charge in [-0.05, 0) is 79.3 Å². The van der Waals surface area contributed by atoms with Gasteiger partial charge in [0.1, 0.15) is 5.75 Å². The van der Waals surface area contributed by atoms with Gasteiger partial charge in [-0.25, -0.2) is 0 Å². The summed E-state index contributed by atoms with van der Waals surface area (Å²) >= 11 is 0. The third kappa shape index (κ3) is 3.08. The molecule has 3 heterocycles. The van der Waals surface area contributed by atoms with Crippen LogP contribution in [0.5, 0.6) is 5.75 Å². The third-order valence-electron chi connectivity index (χ3n) is 6.51. The summed E-state index contributed by atoms with van der Waals surface area (Å²) < 4.78 is 47.0. The van der Waals surface area contributed by atoms with Gasteiger partial charge < -0.3 is 15.0 Å². The second-order valence-electron chi connectivity index (χ2n) is 8.17. The van der Waals surface area contributed by atoms with Crippen molar-refractivity contribution in [3.63, 3.8) is 0 Å². The van der Waals surface area contributed by atoms with Crippen molar-refractivity contribution in [2.45, 2.75) is 44.3 Å². The van der Waals surface area contributed by atoms with E-state index in [4.69, 9.17) is 4.74 Å². The van der Waals surface area contributed by atoms with E-state index in [0.29, 0.717) is 24.1 Å². The number of ether oxygens (including phenoxy) is 1. The second-order valence-corrected chi connectivity index (χ2v) is 8.17. The van der Waals surface area contributed by atoms with E-state index in [1.165, 1.54) is 16.8 Å². The van der Waals surface area contributed by atoms with Gasteiger partial charge in [0.15, 0.2) is 0 Å². The standard InChI is InChI=1S/C23H25F3N2O/c1-2-29-16-5-6-17(20(12-16)23(24,25)26)15-10-14-4-3-9-28-21-7-8-27-13-19(21)18(11-15)22(14)28/h5-6,10-12,19,21,27H,2-4,7-9,13H2,1H3/t19-,21-/m0/s1. The zero-order chi connectivity index (χ0) is 20.2. The number of hydrogen-bond donors (Lipinski definition) is 1. The normalized spacial score (nSPS) is 23.0. The fraction of sp³-hybridized carbons (Fsp3) is 0.478. The van der Waals surface area contributed by atoms with Crippen molar-refractivity contribution in [2.75, 3.05) is 31.1 Å². The number of benzene rings is 2. The molecule has 0 saturated carbocycles. The fourth-order valence-corrected chi connectivity index (χ4v) is 5.38. The monoisotopic (exact) mass is 402 g/mol. The van der Waals surface area contributed by atoms with Gasteiger partial charge in [0.25, 0.3) is 0 Å². The Morgan fingerprint density at radius 1 is 1.21 bits per heavy atom. The van der Waals surface area contributed by atoms with Crippen molar-refractivity contribution in [3.8, 4) is 16.9 Å². The van der Waals surface area contributed by atoms with Gasteiger partial charge in [0.05, 0.1) is 12.2 Å². The Bertz CT molecular complexity index is 940. The van der Waals surface area contributed by atoms with Crippen molar-refractivity contribution < 1.29 is 17.9 Å². The quantitative estimate of drug-likeness (QED) is 0.784. The molecular formula is C23H25F3N2O. The number of halogens is 3. The van der Waals surface area contributed by atoms with Gasteiger partial charge in [-0.15, -0.1) is 0 Å². The molecule has 0 aliphatic carbocycles. The Morgan fingerprint density at radius 2 is 2.07 bits per heavy atom. The van der Waals surface area contributed by atoms with E-state index in [-0.39, 0.29) is 11.3 Å². The number of alkyl halides is 3. The lowest BCUT2D eigenvalue weighted by atomic mass is 9.86. The highest BCUT2D eigenvalue weighted by Crippen LogP contribution is 2.50. The highest BCUT2D eigenvalue weighted by atomic mass is 19.4. The van der Waals surface area contributed by atoms with Gasteiger partial charge in [0.2, 0.25) is 0 Å². The minimum Gasteiger partial charge on any atom is -0.494 e. The Morgan fingerprint density at radius 3 is 2.86 bits per heavy atom. The summed E-state index contributed by atoms with van der Waals surface area (Å²) in [6.07, 6.45) is -1.36. The molecule has 0 bridgehead atoms. The predicted octanol–water partition coefficient (Wildman–Crippen LogP) is 4.98. The molecular weight excluding hydrogens is 377 g/mol. The summed E-state index contributed by atoms with van der Waals surface area (Å²) in [5.41, 5.74) is 3.99. The average molecular weight is 402 g/mol. The molecule has 154 valence electrons. The summed E-state index contributed by atoms with van der Waals surface area (Å²) in [4.78, 5) is 2.52. The minimum absolute atomic E-state index is 0.240. The number of anilines is 1. The molecule has 2 aromatic carbocycles. The largest absolute Gasteiger partial charge is 0.494 e. The van der Waals surface area contributed by atoms with Crippen molar-refractivity contribution >= 4 is 5.69 Å². The van der Waals surface area contributed by atoms with E-state index < -0.39 is 11.7 Å². The van der Waals surface area contributed by atoms with E-state index in [1.54, 1.807) is 19.1 Å². The summed E-state index contributed by atoms with van der Waals surface area (Å²) in [5.74, 6) is 0.612. The van der Waals surface area contributed by atoms with Crippen molar-refractivity contribution in [1.29, 1.82) is 0 Å². The molecule has 2 aromatic rings. The highest BCUT2D eigenvalue weighted by molar-refractivity contribution is 5.78. The molecule has 5 rings (SSSR count). The van der Waals surface area contributed by atoms with Crippen LogP contribution in [0.4, 0.5) is 18.9 Å². The lowest BCUT2D eigenvalue weighted by Crippen LogP contribution is -2.45. The molecule has 3 nitrogen and oxygen atoms in total. The van der Waals surface area contributed by atoms with Gasteiger partial charge in [-0.2, -0.15) is 13.2 Å². The number of nitrogens with one attached hydrogen (secondary N) is 1. The van der Waals surface area contributed by atoms with Crippen molar-refractivity contribution in [3.05, 3.63) is 47.0 Å². The number of piperidine rings is 1. The molecule has 0 aromatic heterocycles. The van der Waals surface area contributed by atoms with Crippen LogP contribution >= 0.6 is 0 Å². The first-order chi connectivity index (χ1) is 14.0. The van der Waals surface area contributed by atoms with Crippen LogP contribution in [0.1, 0.15) is 42.4 Å². The van der Waals surface area contributed by atoms with E-state index in [9.17, 15) is 13.2 Å². The lowest BCUT2D eigenvalue weighted by molar-refractivity contribution is -0.137. The van der Waals surface area contributed by atoms with Crippen LogP contribution in [0, 0.1) is 0 Å². The SMILES string of the molecule is CCOc1ccc(-c2cc3c4c(c2)[C@@H]2CNCC[C@@H]2N4CCC3)c(C(F)(F)F)c1. The maximum Gasteiger partial charge on any atom is 0.417 e. The van der Waals surface area contributed by atoms with E-state index >= 15 is 0 Å². The molecule has 29 heavy (non-hydrogen) atoms. The summed E-state index contributed by atoms with van der Waals surface area (Å²) in [7, 11) is 0. The maximum atomic E-state index is 13.9. The summed E-state index contributed by atoms with van der Waals surface area (Å²) in [5, 5.41) is 3.47. The van der Waals surface area contributed by atoms with E-state index in [2.05, 4.69) is 10.2 Å². The topological polar surface area (TPSA) is 24.5 Å². The average Bonchev–Trinajstić information content (AvgIpc) is 3.03. The van der Waals surface area contributed by atoms with Gasteiger partial charge in [-0.1, -0.05) is 6.07 Å². The van der Waals surface area contributed by atoms with E-state index in [1.807, 2.05) is 12.1 Å². The Balaban J connectivity index is 1.66. The summed E-state index contributed by atoms with van der Waals surface area (Å²) in [6, 6.07) is 8.82. The third-order valence-corrected chi connectivity index (χ3v) is 6.51. The molecule has 0 radical (unpaired) electrons. The Hall–Kier alpha value is -2.21. The van der Waals surface area contributed by atoms with Crippen molar-refractivity contribution in [1.82, 2.24) is 5.32 Å². The zero-order valence-corrected chi connectivity index (χ0v) is 16.5. The summed E-state index contributed by atoms with van der Waals surface area (Å²) in [6.45, 7) is 5.06. The smallest absolute Gasteiger partial charge is 0.417 e. The van der Waals surface area contributed by atoms with Gasteiger partial charge in [0, 0.05) is 30.7 Å². The minimum atomic E-state index is -4.43. The maximum absolute atomic E-state index is 13.9. The van der Waals surface area contributed by atoms with Gasteiger partial charge in [-0.3, -0.25) is 0 Å². The fourth-order valence-electron chi connectivity index (χ4n) is 5.38. The number of fused-ring (bicyclic) bond motifs is 3. The van der Waals surface area contributed by atoms with Crippen LogP contribution in [-0.4, -0.2) is 32.3 Å². The van der Waals surface area contributed by atoms with Crippen LogP contribution < -0.4 is 15.0 Å². The zero-order valence-electron chi connectivity index (χ0n) is 16.5. The number of nitrogens with zero attached hydrogens (tertiary/aromatic N) is 1. The first-order valence-electron chi connectivity index (χ1n) is 10.5. The van der Waals surface area contributed by atoms with E-state index in [0.717, 1.165) is 45.0 Å². The first kappa shape index (κ1) is 18.8. The number of hydrogen-bond acceptors (Lipinski definition) is 3. The number of rotatable bonds is 3. The molecule has 0 unspecified atom stereocenters. The molecule has 1 saturated heterocycles. The van der Waals surface area contributed by atoms with Crippen molar-refractivity contribution in [2.24, 2.45) is 0 Å². The molecule has 6 heteroatoms. The molecule has 3 aliphatic rings.